The second kappa shape index (κ2) is 8.48. The maximum Gasteiger partial charge on any atom is 0.254 e. The summed E-state index contributed by atoms with van der Waals surface area (Å²) < 4.78 is 0. The summed E-state index contributed by atoms with van der Waals surface area (Å²) in [6.07, 6.45) is 1.55. The lowest BCUT2D eigenvalue weighted by molar-refractivity contribution is -0.122. The van der Waals surface area contributed by atoms with Gasteiger partial charge in [-0.05, 0) is 24.2 Å². The molecule has 0 aliphatic carbocycles. The molecule has 0 aromatic heterocycles. The fourth-order valence-electron chi connectivity index (χ4n) is 2.27. The van der Waals surface area contributed by atoms with Crippen molar-refractivity contribution in [2.45, 2.75) is 6.92 Å². The summed E-state index contributed by atoms with van der Waals surface area (Å²) in [6.45, 7) is 7.44. The molecule has 0 saturated carbocycles. The zero-order valence-corrected chi connectivity index (χ0v) is 14.1. The molecule has 1 amide bonds. The van der Waals surface area contributed by atoms with Crippen molar-refractivity contribution < 1.29 is 4.79 Å². The minimum Gasteiger partial charge on any atom is -0.301 e. The van der Waals surface area contributed by atoms with Crippen LogP contribution in [0.3, 0.4) is 0 Å². The van der Waals surface area contributed by atoms with E-state index in [9.17, 15) is 4.79 Å². The van der Waals surface area contributed by atoms with E-state index >= 15 is 0 Å². The third-order valence-electron chi connectivity index (χ3n) is 3.63. The van der Waals surface area contributed by atoms with Crippen LogP contribution in [0.5, 0.6) is 0 Å². The number of halogens is 2. The molecule has 1 aliphatic heterocycles. The molecule has 1 aromatic rings. The molecular weight excluding hydrogens is 323 g/mol. The van der Waals surface area contributed by atoms with Gasteiger partial charge in [0, 0.05) is 26.2 Å². The van der Waals surface area contributed by atoms with Gasteiger partial charge in [-0.25, -0.2) is 5.43 Å². The van der Waals surface area contributed by atoms with Gasteiger partial charge in [-0.3, -0.25) is 9.69 Å². The number of hydrogen-bond acceptors (Lipinski definition) is 4. The van der Waals surface area contributed by atoms with Crippen LogP contribution in [0.15, 0.2) is 23.3 Å². The molecule has 1 heterocycles. The van der Waals surface area contributed by atoms with Gasteiger partial charge in [0.15, 0.2) is 0 Å². The Morgan fingerprint density at radius 2 is 1.91 bits per heavy atom. The number of hydrogen-bond donors (Lipinski definition) is 1. The van der Waals surface area contributed by atoms with Gasteiger partial charge in [0.25, 0.3) is 5.91 Å². The summed E-state index contributed by atoms with van der Waals surface area (Å²) in [5.41, 5.74) is 3.32. The van der Waals surface area contributed by atoms with E-state index < -0.39 is 0 Å². The monoisotopic (exact) mass is 342 g/mol. The van der Waals surface area contributed by atoms with Gasteiger partial charge in [0.1, 0.15) is 0 Å². The maximum absolute atomic E-state index is 11.8. The maximum atomic E-state index is 11.8. The highest BCUT2D eigenvalue weighted by Gasteiger charge is 2.17. The summed E-state index contributed by atoms with van der Waals surface area (Å²) >= 11 is 11.8. The number of benzene rings is 1. The number of carbonyl (C=O) groups is 1. The first-order chi connectivity index (χ1) is 10.6. The minimum absolute atomic E-state index is 0.110. The van der Waals surface area contributed by atoms with Crippen molar-refractivity contribution in [3.63, 3.8) is 0 Å². The number of likely N-dealkylation sites (N-methyl/N-ethyl adjacent to an activating group) is 1. The Bertz CT molecular complexity index is 542. The molecule has 5 nitrogen and oxygen atoms in total. The van der Waals surface area contributed by atoms with Gasteiger partial charge in [0.05, 0.1) is 22.8 Å². The van der Waals surface area contributed by atoms with Crippen molar-refractivity contribution in [3.8, 4) is 0 Å². The highest BCUT2D eigenvalue weighted by molar-refractivity contribution is 6.42. The van der Waals surface area contributed by atoms with Crippen molar-refractivity contribution >= 4 is 35.3 Å². The van der Waals surface area contributed by atoms with E-state index in [0.29, 0.717) is 16.6 Å². The Balaban J connectivity index is 1.75. The third kappa shape index (κ3) is 5.25. The summed E-state index contributed by atoms with van der Waals surface area (Å²) in [7, 11) is 0. The Labute approximate surface area is 140 Å². The van der Waals surface area contributed by atoms with Gasteiger partial charge < -0.3 is 4.90 Å². The first-order valence-electron chi connectivity index (χ1n) is 7.30. The Kier molecular flexibility index (Phi) is 6.64. The lowest BCUT2D eigenvalue weighted by atomic mass is 10.2. The quantitative estimate of drug-likeness (QED) is 0.658. The number of nitrogens with zero attached hydrogens (tertiary/aromatic N) is 3. The smallest absolute Gasteiger partial charge is 0.254 e. The van der Waals surface area contributed by atoms with Crippen LogP contribution in [0.1, 0.15) is 12.5 Å². The van der Waals surface area contributed by atoms with Crippen LogP contribution in [0.2, 0.25) is 10.0 Å². The van der Waals surface area contributed by atoms with Gasteiger partial charge in [-0.1, -0.05) is 36.2 Å². The molecule has 0 bridgehead atoms. The normalized spacial score (nSPS) is 17.0. The zero-order valence-electron chi connectivity index (χ0n) is 12.6. The highest BCUT2D eigenvalue weighted by Crippen LogP contribution is 2.21. The van der Waals surface area contributed by atoms with Gasteiger partial charge in [0.2, 0.25) is 0 Å². The molecule has 0 radical (unpaired) electrons. The largest absolute Gasteiger partial charge is 0.301 e. The lowest BCUT2D eigenvalue weighted by Gasteiger charge is -2.33. The van der Waals surface area contributed by atoms with E-state index in [1.807, 2.05) is 0 Å². The average Bonchev–Trinajstić information content (AvgIpc) is 2.51. The van der Waals surface area contributed by atoms with E-state index in [-0.39, 0.29) is 5.91 Å². The van der Waals surface area contributed by atoms with Crippen LogP contribution in [0.25, 0.3) is 0 Å². The van der Waals surface area contributed by atoms with Crippen molar-refractivity contribution in [1.82, 2.24) is 15.2 Å². The fraction of sp³-hybridized carbons (Fsp3) is 0.467. The molecule has 0 unspecified atom stereocenters. The van der Waals surface area contributed by atoms with Crippen LogP contribution in [0, 0.1) is 0 Å². The SMILES string of the molecule is CCN1CCN(CC(=O)N/N=C\c2ccc(Cl)c(Cl)c2)CC1. The first kappa shape index (κ1) is 17.2. The number of nitrogens with one attached hydrogen (secondary N) is 1. The van der Waals surface area contributed by atoms with E-state index in [2.05, 4.69) is 27.3 Å². The summed E-state index contributed by atoms with van der Waals surface area (Å²) in [6, 6.07) is 5.18. The van der Waals surface area contributed by atoms with Crippen molar-refractivity contribution in [2.24, 2.45) is 5.10 Å². The van der Waals surface area contributed by atoms with Crippen LogP contribution >= 0.6 is 23.2 Å². The molecule has 22 heavy (non-hydrogen) atoms. The molecule has 120 valence electrons. The number of piperazine rings is 1. The average molecular weight is 343 g/mol. The predicted octanol–water partition coefficient (Wildman–Crippen LogP) is 2.08. The van der Waals surface area contributed by atoms with Crippen LogP contribution in [-0.2, 0) is 4.79 Å². The number of rotatable bonds is 5. The van der Waals surface area contributed by atoms with Crippen molar-refractivity contribution in [1.29, 1.82) is 0 Å². The van der Waals surface area contributed by atoms with Crippen molar-refractivity contribution in [3.05, 3.63) is 33.8 Å². The van der Waals surface area contributed by atoms with Gasteiger partial charge in [-0.15, -0.1) is 0 Å². The zero-order chi connectivity index (χ0) is 15.9. The molecule has 1 aliphatic rings. The Morgan fingerprint density at radius 1 is 1.23 bits per heavy atom. The molecular formula is C15H20Cl2N4O. The number of carbonyl (C=O) groups excluding carboxylic acids is 1. The van der Waals surface area contributed by atoms with Crippen LogP contribution < -0.4 is 5.43 Å². The number of amides is 1. The van der Waals surface area contributed by atoms with Crippen LogP contribution in [-0.4, -0.2) is 61.2 Å². The van der Waals surface area contributed by atoms with E-state index in [4.69, 9.17) is 23.2 Å². The Hall–Kier alpha value is -1.14. The van der Waals surface area contributed by atoms with Crippen molar-refractivity contribution in [2.75, 3.05) is 39.3 Å². The standard InChI is InChI=1S/C15H20Cl2N4O/c1-2-20-5-7-21(8-6-20)11-15(22)19-18-10-12-3-4-13(16)14(17)9-12/h3-4,9-10H,2,5-8,11H2,1H3,(H,19,22)/b18-10-. The lowest BCUT2D eigenvalue weighted by Crippen LogP contribution is -2.48. The van der Waals surface area contributed by atoms with E-state index in [1.54, 1.807) is 24.4 Å². The third-order valence-corrected chi connectivity index (χ3v) is 4.36. The van der Waals surface area contributed by atoms with Gasteiger partial charge >= 0.3 is 0 Å². The van der Waals surface area contributed by atoms with E-state index in [0.717, 1.165) is 38.3 Å². The molecule has 1 saturated heterocycles. The number of hydrazone groups is 1. The molecule has 1 N–H and O–H groups in total. The summed E-state index contributed by atoms with van der Waals surface area (Å²) in [5, 5.41) is 4.90. The second-order valence-electron chi connectivity index (χ2n) is 5.18. The molecule has 1 aromatic carbocycles. The molecule has 7 heteroatoms. The molecule has 0 spiro atoms. The van der Waals surface area contributed by atoms with E-state index in [1.165, 1.54) is 0 Å². The Morgan fingerprint density at radius 3 is 2.55 bits per heavy atom. The molecule has 0 atom stereocenters. The second-order valence-corrected chi connectivity index (χ2v) is 5.99. The molecule has 1 fully saturated rings. The minimum atomic E-state index is -0.110. The summed E-state index contributed by atoms with van der Waals surface area (Å²) in [4.78, 5) is 16.4. The van der Waals surface area contributed by atoms with Crippen LogP contribution in [0.4, 0.5) is 0 Å². The first-order valence-corrected chi connectivity index (χ1v) is 8.05. The summed E-state index contributed by atoms with van der Waals surface area (Å²) in [5.74, 6) is -0.110. The predicted molar refractivity (Wildman–Crippen MR) is 90.8 cm³/mol. The topological polar surface area (TPSA) is 47.9 Å². The highest BCUT2D eigenvalue weighted by atomic mass is 35.5. The van der Waals surface area contributed by atoms with Gasteiger partial charge in [-0.2, -0.15) is 5.10 Å². The molecule has 2 rings (SSSR count). The fourth-order valence-corrected chi connectivity index (χ4v) is 2.58.